The molecule has 100 valence electrons. The normalized spacial score (nSPS) is 10.4. The summed E-state index contributed by atoms with van der Waals surface area (Å²) < 4.78 is 18.8. The second-order valence-electron chi connectivity index (χ2n) is 3.92. The van der Waals surface area contributed by atoms with E-state index in [1.54, 1.807) is 12.1 Å². The van der Waals surface area contributed by atoms with E-state index in [0.29, 0.717) is 24.9 Å². The first-order valence-electron chi connectivity index (χ1n) is 5.85. The largest absolute Gasteiger partial charge is 0.469 e. The highest BCUT2D eigenvalue weighted by atomic mass is 79.9. The van der Waals surface area contributed by atoms with Crippen molar-refractivity contribution < 1.29 is 13.9 Å². The van der Waals surface area contributed by atoms with Crippen LogP contribution in [0, 0.1) is 5.82 Å². The second-order valence-corrected chi connectivity index (χ2v) is 4.83. The van der Waals surface area contributed by atoms with Crippen LogP contribution in [0.15, 0.2) is 22.7 Å². The number of hydrogen-bond acceptors (Lipinski definition) is 3. The van der Waals surface area contributed by atoms with Crippen LogP contribution < -0.4 is 5.32 Å². The van der Waals surface area contributed by atoms with Gasteiger partial charge in [0.15, 0.2) is 0 Å². The van der Waals surface area contributed by atoms with Crippen molar-refractivity contribution in [1.29, 1.82) is 0 Å². The zero-order chi connectivity index (χ0) is 13.4. The molecule has 0 atom stereocenters. The average Bonchev–Trinajstić information content (AvgIpc) is 2.37. The summed E-state index contributed by atoms with van der Waals surface area (Å²) in [6, 6.07) is 4.92. The lowest BCUT2D eigenvalue weighted by Gasteiger charge is -2.06. The Hall–Kier alpha value is -0.940. The summed E-state index contributed by atoms with van der Waals surface area (Å²) >= 11 is 3.32. The van der Waals surface area contributed by atoms with E-state index in [2.05, 4.69) is 26.0 Å². The third-order valence-electron chi connectivity index (χ3n) is 2.54. The molecule has 3 nitrogen and oxygen atoms in total. The molecule has 0 aliphatic heterocycles. The van der Waals surface area contributed by atoms with Gasteiger partial charge in [-0.3, -0.25) is 4.79 Å². The van der Waals surface area contributed by atoms with E-state index >= 15 is 0 Å². The van der Waals surface area contributed by atoms with Crippen LogP contribution in [0.5, 0.6) is 0 Å². The Morgan fingerprint density at radius 3 is 2.94 bits per heavy atom. The Labute approximate surface area is 115 Å². The minimum Gasteiger partial charge on any atom is -0.469 e. The van der Waals surface area contributed by atoms with Crippen LogP contribution in [0.25, 0.3) is 0 Å². The molecule has 0 aliphatic rings. The van der Waals surface area contributed by atoms with Gasteiger partial charge in [-0.2, -0.15) is 0 Å². The number of methoxy groups -OCH3 is 1. The van der Waals surface area contributed by atoms with Crippen molar-refractivity contribution in [2.24, 2.45) is 0 Å². The Bertz CT molecular complexity index is 399. The number of nitrogens with one attached hydrogen (secondary N) is 1. The van der Waals surface area contributed by atoms with Crippen molar-refractivity contribution in [2.45, 2.75) is 19.3 Å². The van der Waals surface area contributed by atoms with Crippen molar-refractivity contribution in [3.63, 3.8) is 0 Å². The fraction of sp³-hybridized carbons (Fsp3) is 0.462. The molecule has 1 aromatic rings. The van der Waals surface area contributed by atoms with Crippen LogP contribution >= 0.6 is 15.9 Å². The molecule has 1 rings (SSSR count). The highest BCUT2D eigenvalue weighted by molar-refractivity contribution is 9.10. The van der Waals surface area contributed by atoms with Gasteiger partial charge in [-0.15, -0.1) is 0 Å². The van der Waals surface area contributed by atoms with Gasteiger partial charge in [0.05, 0.1) is 7.11 Å². The number of rotatable bonds is 7. The summed E-state index contributed by atoms with van der Waals surface area (Å²) in [4.78, 5) is 10.8. The molecule has 1 aromatic carbocycles. The van der Waals surface area contributed by atoms with E-state index in [1.165, 1.54) is 13.2 Å². The molecule has 18 heavy (non-hydrogen) atoms. The van der Waals surface area contributed by atoms with Gasteiger partial charge in [0.1, 0.15) is 5.82 Å². The first-order valence-corrected chi connectivity index (χ1v) is 6.64. The molecule has 1 N–H and O–H groups in total. The molecule has 0 amide bonds. The van der Waals surface area contributed by atoms with Crippen molar-refractivity contribution in [2.75, 3.05) is 20.2 Å². The van der Waals surface area contributed by atoms with Gasteiger partial charge in [0.2, 0.25) is 0 Å². The maximum Gasteiger partial charge on any atom is 0.305 e. The molecule has 0 radical (unpaired) electrons. The number of benzene rings is 1. The Morgan fingerprint density at radius 2 is 2.22 bits per heavy atom. The van der Waals surface area contributed by atoms with Gasteiger partial charge in [0, 0.05) is 10.9 Å². The summed E-state index contributed by atoms with van der Waals surface area (Å²) in [6.45, 7) is 1.42. The number of halogens is 2. The third-order valence-corrected chi connectivity index (χ3v) is 3.03. The van der Waals surface area contributed by atoms with Gasteiger partial charge in [-0.05, 0) is 49.7 Å². The molecule has 0 aliphatic carbocycles. The molecule has 5 heteroatoms. The highest BCUT2D eigenvalue weighted by Gasteiger charge is 2.03. The number of carbonyl (C=O) groups excluding carboxylic acids is 1. The fourth-order valence-electron chi connectivity index (χ4n) is 1.54. The molecule has 0 spiro atoms. The summed E-state index contributed by atoms with van der Waals surface area (Å²) in [5.74, 6) is -0.385. The highest BCUT2D eigenvalue weighted by Crippen LogP contribution is 2.15. The topological polar surface area (TPSA) is 38.3 Å². The molecule has 0 unspecified atom stereocenters. The number of carbonyl (C=O) groups is 1. The number of esters is 1. The predicted molar refractivity (Wildman–Crippen MR) is 71.9 cm³/mol. The first kappa shape index (κ1) is 15.1. The maximum atomic E-state index is 13.4. The van der Waals surface area contributed by atoms with Crippen LogP contribution in [-0.2, 0) is 16.0 Å². The quantitative estimate of drug-likeness (QED) is 0.620. The average molecular weight is 318 g/mol. The van der Waals surface area contributed by atoms with Crippen LogP contribution in [0.3, 0.4) is 0 Å². The van der Waals surface area contributed by atoms with E-state index in [1.807, 2.05) is 0 Å². The van der Waals surface area contributed by atoms with Crippen molar-refractivity contribution in [3.8, 4) is 0 Å². The Balaban J connectivity index is 2.18. The summed E-state index contributed by atoms with van der Waals surface area (Å²) in [7, 11) is 1.38. The molecular formula is C13H17BrFNO2. The summed E-state index contributed by atoms with van der Waals surface area (Å²) in [5.41, 5.74) is 0.685. The van der Waals surface area contributed by atoms with Gasteiger partial charge in [0.25, 0.3) is 0 Å². The van der Waals surface area contributed by atoms with Crippen LogP contribution in [0.1, 0.15) is 18.4 Å². The standard InChI is InChI=1S/C13H17BrFNO2/c1-18-13(17)3-2-7-16-8-6-10-9-11(14)4-5-12(10)15/h4-5,9,16H,2-3,6-8H2,1H3. The van der Waals surface area contributed by atoms with E-state index in [4.69, 9.17) is 0 Å². The molecule has 0 saturated heterocycles. The van der Waals surface area contributed by atoms with Gasteiger partial charge < -0.3 is 10.1 Å². The van der Waals surface area contributed by atoms with Crippen molar-refractivity contribution in [1.82, 2.24) is 5.32 Å². The lowest BCUT2D eigenvalue weighted by atomic mass is 10.1. The SMILES string of the molecule is COC(=O)CCCNCCc1cc(Br)ccc1F. The van der Waals surface area contributed by atoms with E-state index in [9.17, 15) is 9.18 Å². The van der Waals surface area contributed by atoms with Crippen LogP contribution in [0.4, 0.5) is 4.39 Å². The van der Waals surface area contributed by atoms with Gasteiger partial charge in [-0.25, -0.2) is 4.39 Å². The zero-order valence-corrected chi connectivity index (χ0v) is 11.9. The number of hydrogen-bond donors (Lipinski definition) is 1. The van der Waals surface area contributed by atoms with Gasteiger partial charge in [-0.1, -0.05) is 15.9 Å². The first-order chi connectivity index (χ1) is 8.63. The van der Waals surface area contributed by atoms with Crippen LogP contribution in [-0.4, -0.2) is 26.2 Å². The summed E-state index contributed by atoms with van der Waals surface area (Å²) in [5, 5.41) is 3.17. The Morgan fingerprint density at radius 1 is 1.44 bits per heavy atom. The zero-order valence-electron chi connectivity index (χ0n) is 10.3. The van der Waals surface area contributed by atoms with E-state index in [0.717, 1.165) is 17.4 Å². The summed E-state index contributed by atoms with van der Waals surface area (Å²) in [6.07, 6.45) is 1.77. The molecule has 0 aromatic heterocycles. The van der Waals surface area contributed by atoms with Crippen LogP contribution in [0.2, 0.25) is 0 Å². The minimum absolute atomic E-state index is 0.186. The fourth-order valence-corrected chi connectivity index (χ4v) is 1.95. The molecule has 0 bridgehead atoms. The van der Waals surface area contributed by atoms with Crippen molar-refractivity contribution in [3.05, 3.63) is 34.1 Å². The van der Waals surface area contributed by atoms with E-state index < -0.39 is 0 Å². The molecular weight excluding hydrogens is 301 g/mol. The second kappa shape index (κ2) is 8.21. The van der Waals surface area contributed by atoms with Crippen molar-refractivity contribution >= 4 is 21.9 Å². The molecule has 0 heterocycles. The predicted octanol–water partition coefficient (Wildman–Crippen LogP) is 2.67. The maximum absolute atomic E-state index is 13.4. The monoisotopic (exact) mass is 317 g/mol. The molecule has 0 saturated carbocycles. The molecule has 0 fully saturated rings. The Kier molecular flexibility index (Phi) is 6.90. The lowest BCUT2D eigenvalue weighted by Crippen LogP contribution is -2.19. The lowest BCUT2D eigenvalue weighted by molar-refractivity contribution is -0.140. The number of ether oxygens (including phenoxy) is 1. The minimum atomic E-state index is -0.199. The van der Waals surface area contributed by atoms with Gasteiger partial charge >= 0.3 is 5.97 Å². The van der Waals surface area contributed by atoms with E-state index in [-0.39, 0.29) is 11.8 Å². The third kappa shape index (κ3) is 5.60. The smallest absolute Gasteiger partial charge is 0.305 e.